The zero-order valence-corrected chi connectivity index (χ0v) is 13.0. The maximum absolute atomic E-state index is 12.7. The molecule has 0 fully saturated rings. The molecule has 0 saturated heterocycles. The first-order valence-electron chi connectivity index (χ1n) is 6.65. The second-order valence-electron chi connectivity index (χ2n) is 4.35. The molecule has 0 unspecified atom stereocenters. The van der Waals surface area contributed by atoms with Crippen LogP contribution in [0.3, 0.4) is 0 Å². The van der Waals surface area contributed by atoms with Gasteiger partial charge in [-0.15, -0.1) is 0 Å². The highest BCUT2D eigenvalue weighted by molar-refractivity contribution is 5.98. The van der Waals surface area contributed by atoms with E-state index in [9.17, 15) is 13.2 Å². The van der Waals surface area contributed by atoms with Crippen LogP contribution in [0.5, 0.6) is 0 Å². The summed E-state index contributed by atoms with van der Waals surface area (Å²) in [5.74, 6) is -1.30. The molecule has 21 heavy (non-hydrogen) atoms. The fraction of sp³-hybridized carbons (Fsp3) is 0.571. The van der Waals surface area contributed by atoms with Crippen molar-refractivity contribution in [3.8, 4) is 0 Å². The first-order valence-corrected chi connectivity index (χ1v) is 7.06. The molecule has 0 spiro atoms. The summed E-state index contributed by atoms with van der Waals surface area (Å²) in [4.78, 5) is 0. The molecule has 117 valence electrons. The van der Waals surface area contributed by atoms with E-state index in [2.05, 4.69) is 10.5 Å². The first kappa shape index (κ1) is 18.2. The summed E-state index contributed by atoms with van der Waals surface area (Å²) >= 11 is 0. The van der Waals surface area contributed by atoms with E-state index in [1.165, 1.54) is 6.07 Å². The molecule has 0 amide bonds. The van der Waals surface area contributed by atoms with Gasteiger partial charge in [0.15, 0.2) is 0 Å². The Hall–Kier alpha value is -0.893. The lowest BCUT2D eigenvalue weighted by molar-refractivity contribution is -0.343. The lowest BCUT2D eigenvalue weighted by atomic mass is 10.1. The molecule has 0 N–H and O–H groups in total. The number of halogens is 3. The fourth-order valence-corrected chi connectivity index (χ4v) is 2.16. The van der Waals surface area contributed by atoms with Gasteiger partial charge in [0.1, 0.15) is 0 Å². The molecule has 0 bridgehead atoms. The predicted molar refractivity (Wildman–Crippen MR) is 72.6 cm³/mol. The average Bonchev–Trinajstić information content (AvgIpc) is 2.45. The van der Waals surface area contributed by atoms with Gasteiger partial charge in [0.25, 0.3) is 16.5 Å². The molecule has 0 aromatic heterocycles. The van der Waals surface area contributed by atoms with Gasteiger partial charge >= 0.3 is 6.18 Å². The molecular weight excluding hydrogens is 301 g/mol. The minimum Gasteiger partial charge on any atom is -0.371 e. The van der Waals surface area contributed by atoms with Crippen molar-refractivity contribution in [3.63, 3.8) is 0 Å². The molecular formula is C14H18F3O3Si. The Bertz CT molecular complexity index is 432. The third-order valence-corrected chi connectivity index (χ3v) is 3.17. The van der Waals surface area contributed by atoms with Crippen LogP contribution in [0.1, 0.15) is 31.4 Å². The van der Waals surface area contributed by atoms with Gasteiger partial charge in [0, 0.05) is 19.6 Å². The molecule has 7 heteroatoms. The molecule has 1 aromatic carbocycles. The highest BCUT2D eigenvalue weighted by Crippen LogP contribution is 2.30. The molecule has 0 aliphatic carbocycles. The van der Waals surface area contributed by atoms with Crippen LogP contribution in [-0.4, -0.2) is 29.7 Å². The topological polar surface area (TPSA) is 27.7 Å². The fourth-order valence-electron chi connectivity index (χ4n) is 1.94. The molecule has 0 aliphatic rings. The van der Waals surface area contributed by atoms with Crippen molar-refractivity contribution in [2.45, 2.75) is 38.8 Å². The van der Waals surface area contributed by atoms with E-state index in [0.29, 0.717) is 25.2 Å². The summed E-state index contributed by atoms with van der Waals surface area (Å²) in [7, 11) is 2.92. The Labute approximate surface area is 125 Å². The summed E-state index contributed by atoms with van der Waals surface area (Å²) in [6, 6.07) is 5.18. The van der Waals surface area contributed by atoms with Crippen LogP contribution >= 0.6 is 0 Å². The Morgan fingerprint density at radius 1 is 1.10 bits per heavy atom. The minimum atomic E-state index is -4.35. The van der Waals surface area contributed by atoms with Crippen LogP contribution in [0.15, 0.2) is 24.3 Å². The number of hydrogen-bond donors (Lipinski definition) is 0. The number of aryl methyl sites for hydroxylation is 1. The Balaban J connectivity index is 2.80. The van der Waals surface area contributed by atoms with Gasteiger partial charge in [0.2, 0.25) is 0 Å². The molecule has 1 aromatic rings. The lowest BCUT2D eigenvalue weighted by Crippen LogP contribution is -2.39. The van der Waals surface area contributed by atoms with E-state index in [1.807, 2.05) is 0 Å². The van der Waals surface area contributed by atoms with Crippen LogP contribution in [-0.2, 0) is 26.5 Å². The van der Waals surface area contributed by atoms with Crippen LogP contribution in [0.2, 0.25) is 0 Å². The summed E-state index contributed by atoms with van der Waals surface area (Å²) < 4.78 is 53.9. The SMILES string of the molecule is CCOC(CCc1cccc(C(F)(F)F)c1)(O[Si])OCC. The second-order valence-corrected chi connectivity index (χ2v) is 4.55. The Morgan fingerprint density at radius 3 is 2.19 bits per heavy atom. The molecule has 0 atom stereocenters. The molecule has 0 saturated carbocycles. The Morgan fingerprint density at radius 2 is 1.71 bits per heavy atom. The van der Waals surface area contributed by atoms with Crippen molar-refractivity contribution in [1.29, 1.82) is 0 Å². The average molecular weight is 319 g/mol. The predicted octanol–water partition coefficient (Wildman–Crippen LogP) is 3.46. The first-order chi connectivity index (χ1) is 9.87. The van der Waals surface area contributed by atoms with Gasteiger partial charge in [-0.3, -0.25) is 0 Å². The molecule has 1 rings (SSSR count). The number of benzene rings is 1. The molecule has 3 radical (unpaired) electrons. The van der Waals surface area contributed by atoms with Crippen LogP contribution < -0.4 is 0 Å². The van der Waals surface area contributed by atoms with E-state index in [1.54, 1.807) is 19.9 Å². The van der Waals surface area contributed by atoms with E-state index in [-0.39, 0.29) is 6.42 Å². The highest BCUT2D eigenvalue weighted by Gasteiger charge is 2.32. The summed E-state index contributed by atoms with van der Waals surface area (Å²) in [6.07, 6.45) is -3.76. The molecule has 3 nitrogen and oxygen atoms in total. The van der Waals surface area contributed by atoms with E-state index >= 15 is 0 Å². The summed E-state index contributed by atoms with van der Waals surface area (Å²) in [6.45, 7) is 4.27. The minimum absolute atomic E-state index is 0.263. The number of hydrogen-bond acceptors (Lipinski definition) is 3. The highest BCUT2D eigenvalue weighted by atomic mass is 28.2. The van der Waals surface area contributed by atoms with Crippen molar-refractivity contribution < 1.29 is 27.1 Å². The van der Waals surface area contributed by atoms with Crippen molar-refractivity contribution >= 4 is 10.5 Å². The number of rotatable bonds is 8. The smallest absolute Gasteiger partial charge is 0.371 e. The molecule has 0 heterocycles. The van der Waals surface area contributed by atoms with Crippen LogP contribution in [0, 0.1) is 0 Å². The second kappa shape index (κ2) is 7.93. The van der Waals surface area contributed by atoms with Gasteiger partial charge in [0.05, 0.1) is 5.56 Å². The van der Waals surface area contributed by atoms with Crippen molar-refractivity contribution in [1.82, 2.24) is 0 Å². The molecule has 0 aliphatic heterocycles. The van der Waals surface area contributed by atoms with Gasteiger partial charge in [-0.25, -0.2) is 0 Å². The summed E-state index contributed by atoms with van der Waals surface area (Å²) in [5.41, 5.74) is -0.130. The normalized spacial score (nSPS) is 12.7. The van der Waals surface area contributed by atoms with Gasteiger partial charge in [-0.2, -0.15) is 13.2 Å². The maximum Gasteiger partial charge on any atom is 0.416 e. The zero-order valence-electron chi connectivity index (χ0n) is 12.0. The van der Waals surface area contributed by atoms with Gasteiger partial charge in [-0.05, 0) is 31.9 Å². The Kier molecular flexibility index (Phi) is 6.86. The van der Waals surface area contributed by atoms with Crippen LogP contribution in [0.25, 0.3) is 0 Å². The lowest BCUT2D eigenvalue weighted by Gasteiger charge is -2.31. The van der Waals surface area contributed by atoms with E-state index in [0.717, 1.165) is 12.1 Å². The standard InChI is InChI=1S/C14H18F3O3Si/c1-3-18-13(20-21,19-4-2)9-8-11-6-5-7-12(10-11)14(15,16)17/h5-7,10H,3-4,8-9H2,1-2H3. The van der Waals surface area contributed by atoms with Crippen molar-refractivity contribution in [3.05, 3.63) is 35.4 Å². The summed E-state index contributed by atoms with van der Waals surface area (Å²) in [5, 5.41) is 0. The zero-order chi connectivity index (χ0) is 15.9. The largest absolute Gasteiger partial charge is 0.416 e. The third kappa shape index (κ3) is 5.42. The van der Waals surface area contributed by atoms with Gasteiger partial charge < -0.3 is 13.9 Å². The van der Waals surface area contributed by atoms with E-state index < -0.39 is 17.7 Å². The third-order valence-electron chi connectivity index (χ3n) is 2.86. The number of alkyl halides is 3. The van der Waals surface area contributed by atoms with Crippen LogP contribution in [0.4, 0.5) is 13.2 Å². The number of ether oxygens (including phenoxy) is 2. The van der Waals surface area contributed by atoms with Gasteiger partial charge in [-0.1, -0.05) is 18.2 Å². The monoisotopic (exact) mass is 319 g/mol. The van der Waals surface area contributed by atoms with E-state index in [4.69, 9.17) is 13.9 Å². The maximum atomic E-state index is 12.7. The van der Waals surface area contributed by atoms with Crippen molar-refractivity contribution in [2.24, 2.45) is 0 Å². The van der Waals surface area contributed by atoms with Crippen molar-refractivity contribution in [2.75, 3.05) is 13.2 Å². The quantitative estimate of drug-likeness (QED) is 0.542.